The fourth-order valence-electron chi connectivity index (χ4n) is 12.5. The number of aliphatic hydroxyl groups is 2. The lowest BCUT2D eigenvalue weighted by Crippen LogP contribution is -2.62. The Morgan fingerprint density at radius 3 is 1.53 bits per heavy atom. The average Bonchev–Trinajstić information content (AvgIpc) is 1.51. The topological polar surface area (TPSA) is 563 Å². The first-order valence-corrected chi connectivity index (χ1v) is 37.0. The summed E-state index contributed by atoms with van der Waals surface area (Å²) < 4.78 is 12.1. The second-order valence-electron chi connectivity index (χ2n) is 26.2. The van der Waals surface area contributed by atoms with Crippen LogP contribution in [0.4, 0.5) is 0 Å². The van der Waals surface area contributed by atoms with Crippen molar-refractivity contribution >= 4 is 120 Å². The molecule has 35 nitrogen and oxygen atoms in total. The van der Waals surface area contributed by atoms with Crippen molar-refractivity contribution in [1.29, 1.82) is 0 Å². The minimum atomic E-state index is -1.88. The summed E-state index contributed by atoms with van der Waals surface area (Å²) in [6, 6.07) is 6.48. The smallest absolute Gasteiger partial charge is 0.340 e. The molecule has 0 radical (unpaired) electrons. The first kappa shape index (κ1) is 84.3. The van der Waals surface area contributed by atoms with E-state index in [0.29, 0.717) is 22.3 Å². The maximum atomic E-state index is 14.9. The van der Waals surface area contributed by atoms with Gasteiger partial charge in [0.05, 0.1) is 24.2 Å². The van der Waals surface area contributed by atoms with Gasteiger partial charge in [0, 0.05) is 71.7 Å². The lowest BCUT2D eigenvalue weighted by atomic mass is 9.77. The van der Waals surface area contributed by atoms with Crippen LogP contribution in [0.5, 0.6) is 34.5 Å². The summed E-state index contributed by atoms with van der Waals surface area (Å²) >= 11 is 9.40. The normalized spacial score (nSPS) is 16.7. The van der Waals surface area contributed by atoms with E-state index >= 15 is 0 Å². The van der Waals surface area contributed by atoms with Gasteiger partial charge in [0.25, 0.3) is 5.91 Å². The van der Waals surface area contributed by atoms with Crippen LogP contribution in [0.3, 0.4) is 0 Å². The van der Waals surface area contributed by atoms with Crippen LogP contribution >= 0.6 is 37.0 Å². The lowest BCUT2D eigenvalue weighted by molar-refractivity contribution is -0.144. The van der Waals surface area contributed by atoms with E-state index < -0.39 is 186 Å². The number of rotatable bonds is 36. The number of aliphatic carboxylic acids is 1. The van der Waals surface area contributed by atoms with Gasteiger partial charge in [0.15, 0.2) is 5.60 Å². The van der Waals surface area contributed by atoms with Crippen molar-refractivity contribution in [3.8, 4) is 34.5 Å². The van der Waals surface area contributed by atoms with Gasteiger partial charge in [0.2, 0.25) is 65.0 Å². The van der Waals surface area contributed by atoms with Crippen molar-refractivity contribution in [2.75, 3.05) is 30.1 Å². The Balaban J connectivity index is 0.979. The standard InChI is InChI=1S/C72H84N12O23S3/c1-33(85)58(68(101)81-52(32-109)70(103)104)82-65(98)50(30-57(74)92)78-61(94)47(22-24-110-3)76-63(96)48(25-35-6-11-38(87)12-7-35)77-64(97)49(26-36-8-13-39(88)14-9-36)79-67(100)53-5-4-23-84(53)69(102)59(34(2)86)83-62(95)46(20-21-56(73)91)75-66(99)51(31-108)80-60(93)37-10-17-43-42(27-37)71(105)107-72(43)44-18-15-40(89)28-54(44)106-55-29-41(90)16-19-45(55)72/h6-19,27-29,33-34,46-53,58-59,85-90,108-109H,4-5,20-26,30-32H2,1-3H3,(H2,73,91)(H2,74,92)(H,75,99)(H,76,96)(H,77,97)(H,78,94)(H,79,100)(H,80,93)(H,81,101)(H,82,98)(H,83,95)(H,103,104)/t33-,34-,46+,47+,48+,49+,50+,51+,52+,53+,58+,59+/m1/s1. The molecule has 3 heterocycles. The van der Waals surface area contributed by atoms with Crippen molar-refractivity contribution in [2.24, 2.45) is 11.5 Å². The molecule has 5 aromatic rings. The third-order valence-electron chi connectivity index (χ3n) is 18.2. The van der Waals surface area contributed by atoms with Crippen molar-refractivity contribution in [3.63, 3.8) is 0 Å². The fraction of sp³-hybridized carbons (Fsp3) is 0.389. The van der Waals surface area contributed by atoms with Crippen LogP contribution in [0.2, 0.25) is 0 Å². The molecular weight excluding hydrogens is 1500 g/mol. The number of carbonyl (C=O) groups excluding carboxylic acids is 13. The summed E-state index contributed by atoms with van der Waals surface area (Å²) in [5.41, 5.74) is 10.6. The summed E-state index contributed by atoms with van der Waals surface area (Å²) in [6.07, 6.45) is -4.43. The predicted molar refractivity (Wildman–Crippen MR) is 397 cm³/mol. The lowest BCUT2D eigenvalue weighted by Gasteiger charge is -2.36. The Kier molecular flexibility index (Phi) is 28.8. The third-order valence-corrected chi connectivity index (χ3v) is 19.6. The largest absolute Gasteiger partial charge is 0.508 e. The molecule has 588 valence electrons. The zero-order chi connectivity index (χ0) is 80.6. The molecule has 3 aliphatic heterocycles. The van der Waals surface area contributed by atoms with Crippen LogP contribution in [0.1, 0.15) is 101 Å². The Bertz CT molecular complexity index is 4290. The highest BCUT2D eigenvalue weighted by Gasteiger charge is 2.54. The van der Waals surface area contributed by atoms with Crippen LogP contribution in [-0.2, 0) is 80.7 Å². The van der Waals surface area contributed by atoms with E-state index in [-0.39, 0.29) is 101 Å². The number of carboxylic acid groups (broad SMARTS) is 1. The Hall–Kier alpha value is -11.3. The van der Waals surface area contributed by atoms with Gasteiger partial charge in [-0.1, -0.05) is 30.3 Å². The van der Waals surface area contributed by atoms with Crippen molar-refractivity contribution < 1.29 is 112 Å². The number of nitrogens with zero attached hydrogens (tertiary/aromatic N) is 1. The molecule has 12 amide bonds. The first-order chi connectivity index (χ1) is 52.2. The maximum absolute atomic E-state index is 14.9. The summed E-state index contributed by atoms with van der Waals surface area (Å²) in [5.74, 6) is -16.2. The number of aromatic hydroxyl groups is 4. The number of benzene rings is 5. The molecule has 38 heteroatoms. The van der Waals surface area contributed by atoms with Gasteiger partial charge < -0.3 is 109 Å². The number of esters is 1. The van der Waals surface area contributed by atoms with Crippen molar-refractivity contribution in [1.82, 2.24) is 52.8 Å². The molecule has 3 aliphatic rings. The molecule has 0 unspecified atom stereocenters. The molecule has 0 bridgehead atoms. The van der Waals surface area contributed by atoms with E-state index in [4.69, 9.17) is 20.9 Å². The number of nitrogens with one attached hydrogen (secondary N) is 9. The minimum absolute atomic E-state index is 0.0554. The van der Waals surface area contributed by atoms with Gasteiger partial charge >= 0.3 is 11.9 Å². The number of phenolic OH excluding ortho intramolecular Hbond substituents is 4. The average molecular weight is 1580 g/mol. The number of fused-ring (bicyclic) bond motifs is 6. The number of likely N-dealkylation sites (tertiary alicyclic amines) is 1. The molecule has 1 fully saturated rings. The van der Waals surface area contributed by atoms with Crippen LogP contribution in [0.25, 0.3) is 0 Å². The van der Waals surface area contributed by atoms with E-state index in [2.05, 4.69) is 73.1 Å². The fourth-order valence-corrected chi connectivity index (χ4v) is 13.5. The quantitative estimate of drug-likeness (QED) is 0.0154. The summed E-state index contributed by atoms with van der Waals surface area (Å²) in [6.45, 7) is 2.07. The van der Waals surface area contributed by atoms with Crippen molar-refractivity contribution in [2.45, 2.75) is 143 Å². The maximum Gasteiger partial charge on any atom is 0.340 e. The zero-order valence-electron chi connectivity index (χ0n) is 59.3. The molecule has 20 N–H and O–H groups in total. The summed E-state index contributed by atoms with van der Waals surface area (Å²) in [4.78, 5) is 194. The number of aliphatic hydroxyl groups excluding tert-OH is 2. The highest BCUT2D eigenvalue weighted by atomic mass is 32.2. The second-order valence-corrected chi connectivity index (χ2v) is 27.9. The molecule has 1 saturated heterocycles. The molecule has 8 rings (SSSR count). The van der Waals surface area contributed by atoms with E-state index in [9.17, 15) is 103 Å². The van der Waals surface area contributed by atoms with Crippen LogP contribution in [0.15, 0.2) is 103 Å². The SMILES string of the molecule is CSCC[C@H](NC(=O)[C@H](Cc1ccc(O)cc1)NC(=O)[C@H](Cc1ccc(O)cc1)NC(=O)[C@@H]1CCCN1C(=O)[C@@H](NC(=O)[C@H](CCC(N)=O)NC(=O)[C@H](CS)NC(=O)c1ccc2c(c1)C(=O)OC21c2ccc(O)cc2Oc2cc(O)ccc21)[C@@H](C)O)C(=O)N[C@@H](CC(N)=O)C(=O)N[C@H](C(=O)N[C@@H](CS)C(=O)O)[C@@H](C)O. The zero-order valence-corrected chi connectivity index (χ0v) is 61.9. The number of primary amides is 2. The van der Waals surface area contributed by atoms with Gasteiger partial charge in [-0.3, -0.25) is 57.5 Å². The highest BCUT2D eigenvalue weighted by Crippen LogP contribution is 2.57. The Morgan fingerprint density at radius 2 is 1.01 bits per heavy atom. The van der Waals surface area contributed by atoms with Gasteiger partial charge in [-0.15, -0.1) is 0 Å². The molecule has 0 aliphatic carbocycles. The number of carboxylic acids is 1. The molecule has 0 saturated carbocycles. The van der Waals surface area contributed by atoms with Gasteiger partial charge in [-0.2, -0.15) is 37.0 Å². The van der Waals surface area contributed by atoms with Gasteiger partial charge in [0.1, 0.15) is 94.9 Å². The molecule has 1 spiro atoms. The van der Waals surface area contributed by atoms with Crippen LogP contribution in [0, 0.1) is 0 Å². The molecule has 110 heavy (non-hydrogen) atoms. The summed E-state index contributed by atoms with van der Waals surface area (Å²) in [7, 11) is 0. The highest BCUT2D eigenvalue weighted by molar-refractivity contribution is 7.98. The van der Waals surface area contributed by atoms with E-state index in [1.807, 2.05) is 0 Å². The number of carbonyl (C=O) groups is 14. The monoisotopic (exact) mass is 1580 g/mol. The molecule has 5 aromatic carbocycles. The number of hydrogen-bond donors (Lipinski definition) is 20. The van der Waals surface area contributed by atoms with E-state index in [1.165, 1.54) is 115 Å². The molecule has 0 aromatic heterocycles. The van der Waals surface area contributed by atoms with E-state index in [0.717, 1.165) is 18.7 Å². The van der Waals surface area contributed by atoms with Crippen molar-refractivity contribution in [3.05, 3.63) is 142 Å². The third kappa shape index (κ3) is 20.9. The number of hydrogen-bond acceptors (Lipinski definition) is 25. The summed E-state index contributed by atoms with van der Waals surface area (Å²) in [5, 5.41) is 94.0. The first-order valence-electron chi connectivity index (χ1n) is 34.4. The minimum Gasteiger partial charge on any atom is -0.508 e. The van der Waals surface area contributed by atoms with E-state index in [1.54, 1.807) is 6.26 Å². The number of phenols is 4. The number of thiol groups is 2. The number of ether oxygens (including phenoxy) is 2. The van der Waals surface area contributed by atoms with Gasteiger partial charge in [-0.25, -0.2) is 9.59 Å². The Morgan fingerprint density at radius 1 is 0.545 bits per heavy atom. The Labute approximate surface area is 643 Å². The predicted octanol–water partition coefficient (Wildman–Crippen LogP) is -1.87. The molecule has 12 atom stereocenters. The number of amides is 12. The van der Waals surface area contributed by atoms with Gasteiger partial charge in [-0.05, 0) is 123 Å². The number of thioether (sulfide) groups is 1. The second kappa shape index (κ2) is 37.7. The molecular formula is C72H84N12O23S3. The van der Waals surface area contributed by atoms with Crippen LogP contribution < -0.4 is 64.1 Å². The number of nitrogens with two attached hydrogens (primary N) is 2. The van der Waals surface area contributed by atoms with Crippen LogP contribution in [-0.4, -0.2) is 226 Å².